The first-order valence-corrected chi connectivity index (χ1v) is 9.70. The highest BCUT2D eigenvalue weighted by atomic mass is 32.2. The number of fused-ring (bicyclic) bond motifs is 1. The molecule has 4 rings (SSSR count). The molecule has 5 heteroatoms. The van der Waals surface area contributed by atoms with Crippen LogP contribution in [-0.4, -0.2) is 21.6 Å². The number of rotatable bonds is 5. The van der Waals surface area contributed by atoms with E-state index in [1.807, 2.05) is 60.7 Å². The highest BCUT2D eigenvalue weighted by molar-refractivity contribution is 8.00. The van der Waals surface area contributed by atoms with Crippen molar-refractivity contribution in [3.63, 3.8) is 0 Å². The van der Waals surface area contributed by atoms with Crippen molar-refractivity contribution >= 4 is 34.4 Å². The van der Waals surface area contributed by atoms with E-state index in [1.165, 1.54) is 17.3 Å². The fraction of sp³-hybridized carbons (Fsp3) is 0.0909. The molecule has 0 radical (unpaired) electrons. The van der Waals surface area contributed by atoms with Crippen LogP contribution in [0.25, 0.3) is 22.4 Å². The van der Waals surface area contributed by atoms with E-state index in [0.717, 1.165) is 33.0 Å². The van der Waals surface area contributed by atoms with Crippen LogP contribution in [0, 0.1) is 6.92 Å². The number of amides is 1. The summed E-state index contributed by atoms with van der Waals surface area (Å²) in [4.78, 5) is 21.3. The largest absolute Gasteiger partial charge is 0.338 e. The van der Waals surface area contributed by atoms with E-state index < -0.39 is 0 Å². The van der Waals surface area contributed by atoms with Crippen molar-refractivity contribution in [3.8, 4) is 11.4 Å². The molecule has 3 aromatic carbocycles. The van der Waals surface area contributed by atoms with Crippen molar-refractivity contribution < 1.29 is 4.79 Å². The Hall–Kier alpha value is -3.05. The molecule has 1 amide bonds. The average Bonchev–Trinajstić information content (AvgIpc) is 3.12. The van der Waals surface area contributed by atoms with Crippen LogP contribution in [0.5, 0.6) is 0 Å². The van der Waals surface area contributed by atoms with Gasteiger partial charge in [0.2, 0.25) is 5.91 Å². The number of thioether (sulfide) groups is 1. The number of carbonyl (C=O) groups excluding carboxylic acids is 1. The lowest BCUT2D eigenvalue weighted by molar-refractivity contribution is -0.113. The van der Waals surface area contributed by atoms with Crippen LogP contribution < -0.4 is 5.32 Å². The van der Waals surface area contributed by atoms with Gasteiger partial charge in [0.1, 0.15) is 5.82 Å². The Bertz CT molecular complexity index is 1050. The molecule has 0 aliphatic heterocycles. The summed E-state index contributed by atoms with van der Waals surface area (Å²) in [5, 5.41) is 2.97. The van der Waals surface area contributed by atoms with Gasteiger partial charge in [-0.05, 0) is 43.3 Å². The highest BCUT2D eigenvalue weighted by Crippen LogP contribution is 2.24. The molecule has 0 aliphatic rings. The number of carbonyl (C=O) groups is 1. The van der Waals surface area contributed by atoms with Gasteiger partial charge in [-0.3, -0.25) is 4.79 Å². The fourth-order valence-electron chi connectivity index (χ4n) is 2.81. The molecular weight excluding hydrogens is 354 g/mol. The molecule has 0 spiro atoms. The van der Waals surface area contributed by atoms with E-state index in [9.17, 15) is 4.79 Å². The molecule has 1 heterocycles. The van der Waals surface area contributed by atoms with Gasteiger partial charge >= 0.3 is 0 Å². The van der Waals surface area contributed by atoms with Gasteiger partial charge < -0.3 is 10.3 Å². The van der Waals surface area contributed by atoms with Crippen LogP contribution in [-0.2, 0) is 4.79 Å². The Morgan fingerprint density at radius 2 is 1.85 bits per heavy atom. The second kappa shape index (κ2) is 7.68. The second-order valence-corrected chi connectivity index (χ2v) is 7.38. The summed E-state index contributed by atoms with van der Waals surface area (Å²) >= 11 is 1.53. The number of hydrogen-bond acceptors (Lipinski definition) is 3. The molecule has 134 valence electrons. The maximum absolute atomic E-state index is 12.3. The predicted octanol–water partition coefficient (Wildman–Crippen LogP) is 5.27. The number of aromatic nitrogens is 2. The van der Waals surface area contributed by atoms with E-state index >= 15 is 0 Å². The van der Waals surface area contributed by atoms with E-state index in [1.54, 1.807) is 0 Å². The second-order valence-electron chi connectivity index (χ2n) is 6.33. The smallest absolute Gasteiger partial charge is 0.234 e. The van der Waals surface area contributed by atoms with Crippen molar-refractivity contribution in [2.24, 2.45) is 0 Å². The molecule has 0 saturated heterocycles. The number of aryl methyl sites for hydroxylation is 1. The first kappa shape index (κ1) is 17.4. The molecule has 4 nitrogen and oxygen atoms in total. The number of nitrogens with one attached hydrogen (secondary N) is 2. The Balaban J connectivity index is 1.44. The third-order valence-corrected chi connectivity index (χ3v) is 5.21. The minimum atomic E-state index is -0.0256. The van der Waals surface area contributed by atoms with Crippen molar-refractivity contribution in [1.82, 2.24) is 9.97 Å². The normalized spacial score (nSPS) is 10.9. The zero-order valence-corrected chi connectivity index (χ0v) is 15.7. The van der Waals surface area contributed by atoms with Crippen LogP contribution in [0.3, 0.4) is 0 Å². The van der Waals surface area contributed by atoms with E-state index in [2.05, 4.69) is 34.3 Å². The molecule has 4 aromatic rings. The van der Waals surface area contributed by atoms with Gasteiger partial charge in [-0.15, -0.1) is 11.8 Å². The van der Waals surface area contributed by atoms with Crippen LogP contribution >= 0.6 is 11.8 Å². The minimum absolute atomic E-state index is 0.0256. The molecule has 2 N–H and O–H groups in total. The monoisotopic (exact) mass is 373 g/mol. The number of hydrogen-bond donors (Lipinski definition) is 2. The lowest BCUT2D eigenvalue weighted by atomic mass is 10.2. The molecule has 0 unspecified atom stereocenters. The zero-order chi connectivity index (χ0) is 18.6. The summed E-state index contributed by atoms with van der Waals surface area (Å²) in [5.74, 6) is 1.14. The molecule has 1 aromatic heterocycles. The molecule has 0 fully saturated rings. The number of imidazole rings is 1. The third-order valence-electron chi connectivity index (χ3n) is 4.20. The van der Waals surface area contributed by atoms with Crippen LogP contribution in [0.1, 0.15) is 5.56 Å². The summed E-state index contributed by atoms with van der Waals surface area (Å²) < 4.78 is 0. The number of nitrogens with zero attached hydrogens (tertiary/aromatic N) is 1. The summed E-state index contributed by atoms with van der Waals surface area (Å²) in [6, 6.07) is 23.8. The first-order valence-electron chi connectivity index (χ1n) is 8.72. The Kier molecular flexibility index (Phi) is 4.94. The highest BCUT2D eigenvalue weighted by Gasteiger charge is 2.08. The van der Waals surface area contributed by atoms with Crippen molar-refractivity contribution in [1.29, 1.82) is 0 Å². The van der Waals surface area contributed by atoms with Crippen molar-refractivity contribution in [3.05, 3.63) is 78.4 Å². The topological polar surface area (TPSA) is 57.8 Å². The summed E-state index contributed by atoms with van der Waals surface area (Å²) in [6.45, 7) is 2.05. The minimum Gasteiger partial charge on any atom is -0.338 e. The number of para-hydroxylation sites is 2. The SMILES string of the molecule is Cc1ccc(SCC(=O)Nc2cccc(-c3nc4ccccc4[nH]3)c2)cc1. The summed E-state index contributed by atoms with van der Waals surface area (Å²) in [6.07, 6.45) is 0. The van der Waals surface area contributed by atoms with Gasteiger partial charge in [-0.2, -0.15) is 0 Å². The number of H-pyrrole nitrogens is 1. The third kappa shape index (κ3) is 4.20. The summed E-state index contributed by atoms with van der Waals surface area (Å²) in [7, 11) is 0. The van der Waals surface area contributed by atoms with Gasteiger partial charge in [-0.25, -0.2) is 4.98 Å². The van der Waals surface area contributed by atoms with Crippen LogP contribution in [0.4, 0.5) is 5.69 Å². The number of aromatic amines is 1. The molecule has 27 heavy (non-hydrogen) atoms. The zero-order valence-electron chi connectivity index (χ0n) is 14.9. The lowest BCUT2D eigenvalue weighted by Gasteiger charge is -2.07. The predicted molar refractivity (Wildman–Crippen MR) is 112 cm³/mol. The van der Waals surface area contributed by atoms with Gasteiger partial charge in [0.25, 0.3) is 0 Å². The van der Waals surface area contributed by atoms with E-state index in [4.69, 9.17) is 0 Å². The maximum Gasteiger partial charge on any atom is 0.234 e. The molecular formula is C22H19N3OS. The molecule has 0 bridgehead atoms. The lowest BCUT2D eigenvalue weighted by Crippen LogP contribution is -2.13. The Morgan fingerprint density at radius 3 is 2.67 bits per heavy atom. The van der Waals surface area contributed by atoms with Gasteiger partial charge in [0.15, 0.2) is 0 Å². The van der Waals surface area contributed by atoms with Gasteiger partial charge in [-0.1, -0.05) is 42.0 Å². The molecule has 0 saturated carbocycles. The number of benzene rings is 3. The van der Waals surface area contributed by atoms with Crippen molar-refractivity contribution in [2.75, 3.05) is 11.1 Å². The van der Waals surface area contributed by atoms with Crippen LogP contribution in [0.15, 0.2) is 77.7 Å². The van der Waals surface area contributed by atoms with Crippen molar-refractivity contribution in [2.45, 2.75) is 11.8 Å². The quantitative estimate of drug-likeness (QED) is 0.469. The Labute approximate surface area is 162 Å². The molecule has 0 atom stereocenters. The van der Waals surface area contributed by atoms with Gasteiger partial charge in [0.05, 0.1) is 16.8 Å². The van der Waals surface area contributed by atoms with E-state index in [-0.39, 0.29) is 5.91 Å². The van der Waals surface area contributed by atoms with Gasteiger partial charge in [0, 0.05) is 16.1 Å². The Morgan fingerprint density at radius 1 is 1.04 bits per heavy atom. The average molecular weight is 373 g/mol. The maximum atomic E-state index is 12.3. The van der Waals surface area contributed by atoms with Crippen LogP contribution in [0.2, 0.25) is 0 Å². The summed E-state index contributed by atoms with van der Waals surface area (Å²) in [5.41, 5.74) is 4.84. The fourth-order valence-corrected chi connectivity index (χ4v) is 3.51. The van der Waals surface area contributed by atoms with E-state index in [0.29, 0.717) is 5.75 Å². The standard InChI is InChI=1S/C22H19N3OS/c1-15-9-11-18(12-10-15)27-14-21(26)23-17-6-4-5-16(13-17)22-24-19-7-2-3-8-20(19)25-22/h2-13H,14H2,1H3,(H,23,26)(H,24,25). The molecule has 0 aliphatic carbocycles. The number of anilines is 1. The first-order chi connectivity index (χ1) is 13.2.